The number of nitrogens with one attached hydrogen (secondary N) is 2. The number of aryl methyl sites for hydroxylation is 1. The van der Waals surface area contributed by atoms with Crippen molar-refractivity contribution >= 4 is 11.6 Å². The van der Waals surface area contributed by atoms with Gasteiger partial charge in [-0.1, -0.05) is 44.9 Å². The molecule has 0 bridgehead atoms. The van der Waals surface area contributed by atoms with Gasteiger partial charge >= 0.3 is 0 Å². The Labute approximate surface area is 231 Å². The zero-order valence-corrected chi connectivity index (χ0v) is 23.2. The van der Waals surface area contributed by atoms with Gasteiger partial charge < -0.3 is 16.0 Å². The molecule has 2 heterocycles. The van der Waals surface area contributed by atoms with E-state index in [4.69, 9.17) is 5.73 Å². The van der Waals surface area contributed by atoms with Crippen LogP contribution in [0.2, 0.25) is 0 Å². The first-order valence-corrected chi connectivity index (χ1v) is 13.7. The SMILES string of the molecule is CCCc1c(CN)ccc(NC(=O)c2ccc(CN(Cc3cnc(C)cn3)Cc3ncc[nH]3)cc2)c1CCC. The minimum Gasteiger partial charge on any atom is -0.348 e. The van der Waals surface area contributed by atoms with Crippen LogP contribution in [0.1, 0.15) is 76.5 Å². The lowest BCUT2D eigenvalue weighted by atomic mass is 9.92. The smallest absolute Gasteiger partial charge is 0.255 e. The second-order valence-corrected chi connectivity index (χ2v) is 9.91. The van der Waals surface area contributed by atoms with Crippen molar-refractivity contribution < 1.29 is 4.79 Å². The highest BCUT2D eigenvalue weighted by atomic mass is 16.1. The normalized spacial score (nSPS) is 11.2. The maximum absolute atomic E-state index is 13.2. The average molecular weight is 526 g/mol. The summed E-state index contributed by atoms with van der Waals surface area (Å²) in [5.41, 5.74) is 14.1. The summed E-state index contributed by atoms with van der Waals surface area (Å²) in [6.45, 7) is 8.73. The van der Waals surface area contributed by atoms with Crippen LogP contribution in [0, 0.1) is 6.92 Å². The summed E-state index contributed by atoms with van der Waals surface area (Å²) in [5.74, 6) is 0.779. The highest BCUT2D eigenvalue weighted by Crippen LogP contribution is 2.27. The molecule has 2 aromatic heterocycles. The summed E-state index contributed by atoms with van der Waals surface area (Å²) < 4.78 is 0. The van der Waals surface area contributed by atoms with Crippen molar-refractivity contribution in [1.29, 1.82) is 0 Å². The molecule has 0 atom stereocenters. The van der Waals surface area contributed by atoms with Gasteiger partial charge in [0.2, 0.25) is 0 Å². The molecule has 0 aliphatic rings. The molecular weight excluding hydrogens is 486 g/mol. The third-order valence-electron chi connectivity index (χ3n) is 6.77. The standard InChI is InChI=1S/C31H39N7O/c1-4-6-27-25(16-32)12-13-29(28(27)7-5-2)37-31(39)24-10-8-23(9-11-24)19-38(21-30-33-14-15-34-30)20-26-18-35-22(3)17-36-26/h8-15,17-18H,4-7,16,19-21,32H2,1-3H3,(H,33,34)(H,37,39). The highest BCUT2D eigenvalue weighted by molar-refractivity contribution is 6.04. The van der Waals surface area contributed by atoms with E-state index in [-0.39, 0.29) is 5.91 Å². The van der Waals surface area contributed by atoms with Crippen molar-refractivity contribution in [3.8, 4) is 0 Å². The summed E-state index contributed by atoms with van der Waals surface area (Å²) in [6, 6.07) is 11.9. The van der Waals surface area contributed by atoms with E-state index in [1.165, 1.54) is 16.7 Å². The molecule has 0 saturated carbocycles. The molecule has 4 rings (SSSR count). The molecule has 0 radical (unpaired) electrons. The first kappa shape index (κ1) is 28.1. The molecule has 8 heteroatoms. The Morgan fingerprint density at radius 1 is 0.923 bits per heavy atom. The van der Waals surface area contributed by atoms with E-state index < -0.39 is 0 Å². The number of carbonyl (C=O) groups excluding carboxylic acids is 1. The Balaban J connectivity index is 1.48. The molecule has 0 spiro atoms. The molecule has 0 aliphatic carbocycles. The minimum absolute atomic E-state index is 0.107. The number of H-pyrrole nitrogens is 1. The second-order valence-electron chi connectivity index (χ2n) is 9.91. The maximum Gasteiger partial charge on any atom is 0.255 e. The number of hydrogen-bond donors (Lipinski definition) is 3. The monoisotopic (exact) mass is 525 g/mol. The van der Waals surface area contributed by atoms with Gasteiger partial charge in [0.05, 0.1) is 17.9 Å². The highest BCUT2D eigenvalue weighted by Gasteiger charge is 2.16. The lowest BCUT2D eigenvalue weighted by molar-refractivity contribution is 0.102. The van der Waals surface area contributed by atoms with Crippen LogP contribution in [0.25, 0.3) is 0 Å². The lowest BCUT2D eigenvalue weighted by Gasteiger charge is -2.21. The number of nitrogens with zero attached hydrogens (tertiary/aromatic N) is 4. The summed E-state index contributed by atoms with van der Waals surface area (Å²) in [6.07, 6.45) is 11.1. The molecular formula is C31H39N7O. The lowest BCUT2D eigenvalue weighted by Crippen LogP contribution is -2.24. The van der Waals surface area contributed by atoms with E-state index in [9.17, 15) is 4.79 Å². The van der Waals surface area contributed by atoms with Gasteiger partial charge in [0.15, 0.2) is 0 Å². The first-order valence-electron chi connectivity index (χ1n) is 13.7. The summed E-state index contributed by atoms with van der Waals surface area (Å²) >= 11 is 0. The molecule has 0 fully saturated rings. The fraction of sp³-hybridized carbons (Fsp3) is 0.355. The Kier molecular flexibility index (Phi) is 9.94. The molecule has 204 valence electrons. The van der Waals surface area contributed by atoms with Gasteiger partial charge in [0, 0.05) is 55.7 Å². The van der Waals surface area contributed by atoms with Gasteiger partial charge in [0.25, 0.3) is 5.91 Å². The predicted molar refractivity (Wildman–Crippen MR) is 155 cm³/mol. The van der Waals surface area contributed by atoms with Crippen molar-refractivity contribution in [2.24, 2.45) is 5.73 Å². The van der Waals surface area contributed by atoms with E-state index >= 15 is 0 Å². The molecule has 0 unspecified atom stereocenters. The van der Waals surface area contributed by atoms with Crippen LogP contribution in [0.15, 0.2) is 61.2 Å². The van der Waals surface area contributed by atoms with Crippen molar-refractivity contribution in [2.45, 2.75) is 72.6 Å². The third-order valence-corrected chi connectivity index (χ3v) is 6.77. The number of carbonyl (C=O) groups is 1. The largest absolute Gasteiger partial charge is 0.348 e. The van der Waals surface area contributed by atoms with Crippen molar-refractivity contribution in [3.05, 3.63) is 106 Å². The molecule has 1 amide bonds. The summed E-state index contributed by atoms with van der Waals surface area (Å²) in [7, 11) is 0. The zero-order valence-electron chi connectivity index (χ0n) is 23.2. The fourth-order valence-electron chi connectivity index (χ4n) is 4.86. The molecule has 8 nitrogen and oxygen atoms in total. The molecule has 4 N–H and O–H groups in total. The van der Waals surface area contributed by atoms with Crippen LogP contribution in [0.4, 0.5) is 5.69 Å². The quantitative estimate of drug-likeness (QED) is 0.218. The topological polar surface area (TPSA) is 113 Å². The predicted octanol–water partition coefficient (Wildman–Crippen LogP) is 5.33. The number of aromatic amines is 1. The molecule has 0 aliphatic heterocycles. The van der Waals surface area contributed by atoms with Gasteiger partial charge in [-0.25, -0.2) is 4.98 Å². The second kappa shape index (κ2) is 13.8. The van der Waals surface area contributed by atoms with Crippen LogP contribution in [-0.2, 0) is 39.0 Å². The number of anilines is 1. The van der Waals surface area contributed by atoms with E-state index in [1.54, 1.807) is 12.4 Å². The van der Waals surface area contributed by atoms with Gasteiger partial charge in [-0.2, -0.15) is 0 Å². The number of aromatic nitrogens is 4. The fourth-order valence-corrected chi connectivity index (χ4v) is 4.86. The van der Waals surface area contributed by atoms with Gasteiger partial charge in [-0.3, -0.25) is 19.7 Å². The molecule has 4 aromatic rings. The minimum atomic E-state index is -0.107. The van der Waals surface area contributed by atoms with E-state index in [2.05, 4.69) is 50.1 Å². The molecule has 39 heavy (non-hydrogen) atoms. The van der Waals surface area contributed by atoms with Crippen molar-refractivity contribution in [3.63, 3.8) is 0 Å². The van der Waals surface area contributed by atoms with Gasteiger partial charge in [-0.05, 0) is 60.2 Å². The van der Waals surface area contributed by atoms with E-state index in [1.807, 2.05) is 49.6 Å². The van der Waals surface area contributed by atoms with Crippen molar-refractivity contribution in [2.75, 3.05) is 5.32 Å². The summed E-state index contributed by atoms with van der Waals surface area (Å²) in [5, 5.41) is 3.17. The van der Waals surface area contributed by atoms with Crippen molar-refractivity contribution in [1.82, 2.24) is 24.8 Å². The van der Waals surface area contributed by atoms with E-state index in [0.717, 1.165) is 54.1 Å². The molecule has 0 saturated heterocycles. The summed E-state index contributed by atoms with van der Waals surface area (Å²) in [4.78, 5) is 31.9. The Morgan fingerprint density at radius 2 is 1.69 bits per heavy atom. The number of benzene rings is 2. The Morgan fingerprint density at radius 3 is 2.33 bits per heavy atom. The van der Waals surface area contributed by atoms with Crippen LogP contribution < -0.4 is 11.1 Å². The third kappa shape index (κ3) is 7.59. The number of amides is 1. The number of rotatable bonds is 13. The van der Waals surface area contributed by atoms with Crippen LogP contribution in [-0.4, -0.2) is 30.7 Å². The van der Waals surface area contributed by atoms with E-state index in [0.29, 0.717) is 31.7 Å². The number of nitrogens with two attached hydrogens (primary N) is 1. The Hall–Kier alpha value is -3.88. The zero-order chi connectivity index (χ0) is 27.6. The van der Waals surface area contributed by atoms with Crippen LogP contribution >= 0.6 is 0 Å². The maximum atomic E-state index is 13.2. The Bertz CT molecular complexity index is 1330. The number of hydrogen-bond acceptors (Lipinski definition) is 6. The molecule has 2 aromatic carbocycles. The van der Waals surface area contributed by atoms with Gasteiger partial charge in [-0.15, -0.1) is 0 Å². The average Bonchev–Trinajstić information content (AvgIpc) is 3.45. The van der Waals surface area contributed by atoms with Crippen LogP contribution in [0.3, 0.4) is 0 Å². The number of imidazole rings is 1. The van der Waals surface area contributed by atoms with Gasteiger partial charge in [0.1, 0.15) is 5.82 Å². The van der Waals surface area contributed by atoms with Crippen LogP contribution in [0.5, 0.6) is 0 Å². The first-order chi connectivity index (χ1) is 19.0.